The van der Waals surface area contributed by atoms with Crippen LogP contribution in [0.3, 0.4) is 0 Å². The number of rotatable bonds is 10. The first-order chi connectivity index (χ1) is 15.6. The Bertz CT molecular complexity index is 905. The summed E-state index contributed by atoms with van der Waals surface area (Å²) >= 11 is 0. The van der Waals surface area contributed by atoms with E-state index in [1.807, 2.05) is 60.7 Å². The van der Waals surface area contributed by atoms with E-state index in [9.17, 15) is 9.59 Å². The van der Waals surface area contributed by atoms with E-state index in [-0.39, 0.29) is 10.8 Å². The van der Waals surface area contributed by atoms with Crippen molar-refractivity contribution >= 4 is 11.8 Å². The van der Waals surface area contributed by atoms with E-state index in [1.165, 1.54) is 5.56 Å². The number of nitrogens with one attached hydrogen (secondary N) is 2. The zero-order chi connectivity index (χ0) is 22.9. The van der Waals surface area contributed by atoms with Crippen molar-refractivity contribution in [3.8, 4) is 0 Å². The van der Waals surface area contributed by atoms with E-state index in [1.54, 1.807) is 0 Å². The number of carbonyl (C=O) groups is 2. The van der Waals surface area contributed by atoms with Crippen LogP contribution in [-0.2, 0) is 20.4 Å². The summed E-state index contributed by atoms with van der Waals surface area (Å²) in [6, 6.07) is 20.3. The van der Waals surface area contributed by atoms with Crippen LogP contribution in [0.15, 0.2) is 86.0 Å². The second-order valence-electron chi connectivity index (χ2n) is 8.85. The molecule has 4 heteroatoms. The van der Waals surface area contributed by atoms with Gasteiger partial charge in [-0.1, -0.05) is 85.7 Å². The molecule has 0 heterocycles. The Balaban J connectivity index is 1.66. The molecule has 168 valence electrons. The second-order valence-corrected chi connectivity index (χ2v) is 8.85. The summed E-state index contributed by atoms with van der Waals surface area (Å²) in [5.74, 6) is -1.17. The predicted molar refractivity (Wildman–Crippen MR) is 130 cm³/mol. The highest BCUT2D eigenvalue weighted by Gasteiger charge is 2.36. The van der Waals surface area contributed by atoms with Crippen LogP contribution >= 0.6 is 0 Å². The van der Waals surface area contributed by atoms with Gasteiger partial charge in [0.2, 0.25) is 0 Å². The predicted octanol–water partition coefficient (Wildman–Crippen LogP) is 4.82. The summed E-state index contributed by atoms with van der Waals surface area (Å²) in [6.07, 6.45) is 9.37. The zero-order valence-electron chi connectivity index (χ0n) is 18.8. The fourth-order valence-corrected chi connectivity index (χ4v) is 4.98. The van der Waals surface area contributed by atoms with Gasteiger partial charge >= 0.3 is 11.8 Å². The molecule has 2 aromatic carbocycles. The molecular weight excluding hydrogens is 396 g/mol. The summed E-state index contributed by atoms with van der Waals surface area (Å²) < 4.78 is 0. The quantitative estimate of drug-likeness (QED) is 0.419. The van der Waals surface area contributed by atoms with Gasteiger partial charge in [-0.2, -0.15) is 0 Å². The lowest BCUT2D eigenvalue weighted by atomic mass is 9.74. The van der Waals surface area contributed by atoms with Gasteiger partial charge in [-0.3, -0.25) is 9.59 Å². The molecule has 0 radical (unpaired) electrons. The monoisotopic (exact) mass is 430 g/mol. The van der Waals surface area contributed by atoms with E-state index >= 15 is 0 Å². The molecule has 32 heavy (non-hydrogen) atoms. The maximum Gasteiger partial charge on any atom is 0.309 e. The van der Waals surface area contributed by atoms with E-state index in [2.05, 4.69) is 35.9 Å². The van der Waals surface area contributed by atoms with Gasteiger partial charge in [-0.05, 0) is 36.8 Å². The van der Waals surface area contributed by atoms with Crippen LogP contribution in [0, 0.1) is 0 Å². The average molecular weight is 431 g/mol. The molecule has 0 saturated heterocycles. The van der Waals surface area contributed by atoms with E-state index in [0.717, 1.165) is 31.2 Å². The molecule has 2 aromatic rings. The molecule has 4 nitrogen and oxygen atoms in total. The Morgan fingerprint density at radius 1 is 0.844 bits per heavy atom. The van der Waals surface area contributed by atoms with E-state index in [0.29, 0.717) is 25.9 Å². The van der Waals surface area contributed by atoms with Crippen LogP contribution in [0.5, 0.6) is 0 Å². The zero-order valence-corrected chi connectivity index (χ0v) is 18.8. The third-order valence-electron chi connectivity index (χ3n) is 6.78. The fraction of sp³-hybridized carbons (Fsp3) is 0.357. The van der Waals surface area contributed by atoms with Gasteiger partial charge in [-0.25, -0.2) is 0 Å². The maximum absolute atomic E-state index is 12.7. The van der Waals surface area contributed by atoms with Crippen LogP contribution < -0.4 is 10.6 Å². The van der Waals surface area contributed by atoms with Crippen LogP contribution in [0.25, 0.3) is 0 Å². The lowest BCUT2D eigenvalue weighted by Crippen LogP contribution is -2.48. The molecule has 0 unspecified atom stereocenters. The van der Waals surface area contributed by atoms with Crippen molar-refractivity contribution in [1.29, 1.82) is 0 Å². The molecule has 2 N–H and O–H groups in total. The SMILES string of the molecule is C=CCC(CC=C)(CNC(=O)C(=O)NCC1(c2ccccc2)CCCC1)c1ccccc1. The number of benzene rings is 2. The highest BCUT2D eigenvalue weighted by Crippen LogP contribution is 2.40. The number of carbonyl (C=O) groups excluding carboxylic acids is 2. The normalized spacial score (nSPS) is 15.0. The molecule has 0 atom stereocenters. The minimum Gasteiger partial charge on any atom is -0.347 e. The highest BCUT2D eigenvalue weighted by atomic mass is 16.2. The fourth-order valence-electron chi connectivity index (χ4n) is 4.98. The molecule has 0 spiro atoms. The molecule has 3 rings (SSSR count). The summed E-state index contributed by atoms with van der Waals surface area (Å²) in [4.78, 5) is 25.4. The van der Waals surface area contributed by atoms with E-state index < -0.39 is 11.8 Å². The molecule has 2 amide bonds. The van der Waals surface area contributed by atoms with Gasteiger partial charge in [0, 0.05) is 23.9 Å². The Kier molecular flexibility index (Phi) is 8.04. The second kappa shape index (κ2) is 10.9. The smallest absolute Gasteiger partial charge is 0.309 e. The number of allylic oxidation sites excluding steroid dienone is 2. The standard InChI is InChI=1S/C28H34N2O2/c1-3-17-27(18-4-2,23-13-7-5-8-14-23)21-29-25(31)26(32)30-22-28(19-11-12-20-28)24-15-9-6-10-16-24/h3-10,13-16H,1-2,11-12,17-22H2,(H,29,31)(H,30,32). The maximum atomic E-state index is 12.7. The molecule has 1 saturated carbocycles. The molecular formula is C28H34N2O2. The van der Waals surface area contributed by atoms with Crippen LogP contribution in [-0.4, -0.2) is 24.9 Å². The molecule has 1 fully saturated rings. The van der Waals surface area contributed by atoms with Crippen LogP contribution in [0.2, 0.25) is 0 Å². The van der Waals surface area contributed by atoms with Gasteiger partial charge in [0.25, 0.3) is 0 Å². The first-order valence-electron chi connectivity index (χ1n) is 11.4. The van der Waals surface area contributed by atoms with Crippen molar-refractivity contribution in [1.82, 2.24) is 10.6 Å². The minimum absolute atomic E-state index is 0.0866. The first-order valence-corrected chi connectivity index (χ1v) is 11.4. The van der Waals surface area contributed by atoms with Gasteiger partial charge in [0.15, 0.2) is 0 Å². The number of hydrogen-bond acceptors (Lipinski definition) is 2. The van der Waals surface area contributed by atoms with E-state index in [4.69, 9.17) is 0 Å². The lowest BCUT2D eigenvalue weighted by Gasteiger charge is -2.33. The van der Waals surface area contributed by atoms with Gasteiger partial charge in [0.1, 0.15) is 0 Å². The van der Waals surface area contributed by atoms with Gasteiger partial charge in [0.05, 0.1) is 0 Å². The number of hydrogen-bond donors (Lipinski definition) is 2. The average Bonchev–Trinajstić information content (AvgIpc) is 3.32. The summed E-state index contributed by atoms with van der Waals surface area (Å²) in [6.45, 7) is 8.62. The largest absolute Gasteiger partial charge is 0.347 e. The summed E-state index contributed by atoms with van der Waals surface area (Å²) in [5.41, 5.74) is 1.86. The van der Waals surface area contributed by atoms with Crippen molar-refractivity contribution in [3.63, 3.8) is 0 Å². The number of amides is 2. The molecule has 1 aliphatic rings. The van der Waals surface area contributed by atoms with Crippen LogP contribution in [0.1, 0.15) is 49.7 Å². The summed E-state index contributed by atoms with van der Waals surface area (Å²) in [5, 5.41) is 5.79. The topological polar surface area (TPSA) is 58.2 Å². The Morgan fingerprint density at radius 3 is 1.94 bits per heavy atom. The van der Waals surface area contributed by atoms with Gasteiger partial charge in [-0.15, -0.1) is 13.2 Å². The molecule has 0 aliphatic heterocycles. The van der Waals surface area contributed by atoms with Gasteiger partial charge < -0.3 is 10.6 Å². The minimum atomic E-state index is -0.598. The Hall–Kier alpha value is -3.14. The Labute approximate surface area is 191 Å². The first kappa shape index (κ1) is 23.5. The van der Waals surface area contributed by atoms with Crippen molar-refractivity contribution in [2.75, 3.05) is 13.1 Å². The molecule has 0 bridgehead atoms. The lowest BCUT2D eigenvalue weighted by molar-refractivity contribution is -0.139. The third-order valence-corrected chi connectivity index (χ3v) is 6.78. The van der Waals surface area contributed by atoms with Crippen molar-refractivity contribution in [2.24, 2.45) is 0 Å². The Morgan fingerprint density at radius 2 is 1.38 bits per heavy atom. The van der Waals surface area contributed by atoms with Crippen molar-refractivity contribution < 1.29 is 9.59 Å². The molecule has 0 aromatic heterocycles. The third kappa shape index (κ3) is 5.37. The van der Waals surface area contributed by atoms with Crippen molar-refractivity contribution in [2.45, 2.75) is 49.4 Å². The summed E-state index contributed by atoms with van der Waals surface area (Å²) in [7, 11) is 0. The van der Waals surface area contributed by atoms with Crippen LogP contribution in [0.4, 0.5) is 0 Å². The van der Waals surface area contributed by atoms with Crippen molar-refractivity contribution in [3.05, 3.63) is 97.1 Å². The molecule has 1 aliphatic carbocycles. The highest BCUT2D eigenvalue weighted by molar-refractivity contribution is 6.35.